The van der Waals surface area contributed by atoms with Crippen molar-refractivity contribution in [3.05, 3.63) is 24.1 Å². The monoisotopic (exact) mass is 281 g/mol. The highest BCUT2D eigenvalue weighted by molar-refractivity contribution is 5.76. The van der Waals surface area contributed by atoms with Crippen molar-refractivity contribution in [2.45, 2.75) is 25.3 Å². The number of pyridine rings is 1. The molecule has 2 rings (SSSR count). The van der Waals surface area contributed by atoms with Crippen LogP contribution in [0.5, 0.6) is 0 Å². The minimum absolute atomic E-state index is 0.134. The van der Waals surface area contributed by atoms with Gasteiger partial charge in [-0.1, -0.05) is 6.07 Å². The second-order valence-electron chi connectivity index (χ2n) is 4.89. The van der Waals surface area contributed by atoms with E-state index in [-0.39, 0.29) is 11.9 Å². The van der Waals surface area contributed by atoms with Crippen LogP contribution in [0.25, 0.3) is 0 Å². The Morgan fingerprint density at radius 1 is 1.50 bits per heavy atom. The Labute approximate surface area is 118 Å². The molecule has 0 aliphatic carbocycles. The lowest BCUT2D eigenvalue weighted by molar-refractivity contribution is -0.133. The van der Waals surface area contributed by atoms with E-state index in [1.54, 1.807) is 19.2 Å². The first kappa shape index (κ1) is 14.7. The van der Waals surface area contributed by atoms with Gasteiger partial charge in [0.05, 0.1) is 13.0 Å². The third-order valence-corrected chi connectivity index (χ3v) is 3.43. The quantitative estimate of drug-likeness (QED) is 0.834. The van der Waals surface area contributed by atoms with Crippen molar-refractivity contribution >= 4 is 11.7 Å². The molecule has 1 saturated heterocycles. The number of hydrogen-bond acceptors (Lipinski definition) is 4. The first-order valence-corrected chi connectivity index (χ1v) is 6.85. The zero-order valence-corrected chi connectivity index (χ0v) is 11.6. The third kappa shape index (κ3) is 4.16. The van der Waals surface area contributed by atoms with Crippen LogP contribution in [-0.2, 0) is 9.53 Å². The first-order valence-electron chi connectivity index (χ1n) is 6.85. The number of rotatable bonds is 5. The van der Waals surface area contributed by atoms with Crippen molar-refractivity contribution in [2.75, 3.05) is 32.1 Å². The van der Waals surface area contributed by atoms with Crippen molar-refractivity contribution in [1.82, 2.24) is 9.88 Å². The van der Waals surface area contributed by atoms with Gasteiger partial charge in [-0.2, -0.15) is 4.39 Å². The molecule has 0 radical (unpaired) electrons. The van der Waals surface area contributed by atoms with E-state index in [1.807, 2.05) is 4.90 Å². The van der Waals surface area contributed by atoms with Gasteiger partial charge in [-0.25, -0.2) is 4.98 Å². The molecule has 0 saturated carbocycles. The summed E-state index contributed by atoms with van der Waals surface area (Å²) in [5, 5.41) is 3.21. The minimum atomic E-state index is -0.484. The Kier molecular flexibility index (Phi) is 5.29. The van der Waals surface area contributed by atoms with Gasteiger partial charge in [-0.05, 0) is 25.0 Å². The number of halogens is 1. The Hall–Kier alpha value is -1.69. The number of carbonyl (C=O) groups is 1. The van der Waals surface area contributed by atoms with Crippen molar-refractivity contribution < 1.29 is 13.9 Å². The third-order valence-electron chi connectivity index (χ3n) is 3.43. The summed E-state index contributed by atoms with van der Waals surface area (Å²) in [6.45, 7) is 1.90. The summed E-state index contributed by atoms with van der Waals surface area (Å²) in [6, 6.07) is 4.94. The number of piperidine rings is 1. The molecule has 1 aromatic heterocycles. The molecule has 110 valence electrons. The van der Waals surface area contributed by atoms with E-state index in [2.05, 4.69) is 10.3 Å². The molecule has 5 nitrogen and oxygen atoms in total. The molecule has 1 aliphatic heterocycles. The minimum Gasteiger partial charge on any atom is -0.384 e. The van der Waals surface area contributed by atoms with Gasteiger partial charge in [0.25, 0.3) is 0 Å². The molecule has 1 N–H and O–H groups in total. The fourth-order valence-corrected chi connectivity index (χ4v) is 2.32. The maximum Gasteiger partial charge on any atom is 0.224 e. The van der Waals surface area contributed by atoms with Crippen molar-refractivity contribution in [3.63, 3.8) is 0 Å². The Morgan fingerprint density at radius 3 is 2.90 bits per heavy atom. The van der Waals surface area contributed by atoms with E-state index in [9.17, 15) is 9.18 Å². The van der Waals surface area contributed by atoms with Crippen molar-refractivity contribution in [3.8, 4) is 0 Å². The van der Waals surface area contributed by atoms with Gasteiger partial charge >= 0.3 is 0 Å². The summed E-state index contributed by atoms with van der Waals surface area (Å²) in [4.78, 5) is 17.5. The number of carbonyl (C=O) groups excluding carboxylic acids is 1. The number of hydrogen-bond donors (Lipinski definition) is 1. The van der Waals surface area contributed by atoms with E-state index in [4.69, 9.17) is 4.74 Å². The van der Waals surface area contributed by atoms with E-state index in [0.29, 0.717) is 18.8 Å². The second kappa shape index (κ2) is 7.19. The number of methoxy groups -OCH3 is 1. The first-order chi connectivity index (χ1) is 9.69. The predicted octanol–water partition coefficient (Wildman–Crippen LogP) is 1.66. The van der Waals surface area contributed by atoms with Crippen LogP contribution < -0.4 is 5.32 Å². The predicted molar refractivity (Wildman–Crippen MR) is 73.9 cm³/mol. The van der Waals surface area contributed by atoms with Gasteiger partial charge in [-0.15, -0.1) is 0 Å². The highest BCUT2D eigenvalue weighted by Gasteiger charge is 2.22. The van der Waals surface area contributed by atoms with E-state index in [0.717, 1.165) is 25.9 Å². The maximum absolute atomic E-state index is 13.0. The fraction of sp³-hybridized carbons (Fsp3) is 0.571. The summed E-state index contributed by atoms with van der Waals surface area (Å²) in [5.41, 5.74) is 0. The smallest absolute Gasteiger partial charge is 0.224 e. The molecule has 1 amide bonds. The number of amides is 1. The van der Waals surface area contributed by atoms with Crippen molar-refractivity contribution in [2.24, 2.45) is 0 Å². The Bertz CT molecular complexity index is 448. The summed E-state index contributed by atoms with van der Waals surface area (Å²) < 4.78 is 17.9. The molecule has 1 fully saturated rings. The maximum atomic E-state index is 13.0. The number of nitrogens with zero attached hydrogens (tertiary/aromatic N) is 2. The van der Waals surface area contributed by atoms with Crippen molar-refractivity contribution in [1.29, 1.82) is 0 Å². The molecule has 1 aromatic rings. The normalized spacial score (nSPS) is 16.2. The molecule has 0 aromatic carbocycles. The van der Waals surface area contributed by atoms with Crippen LogP contribution in [0.4, 0.5) is 10.2 Å². The van der Waals surface area contributed by atoms with Gasteiger partial charge in [0, 0.05) is 26.2 Å². The number of aromatic nitrogens is 1. The summed E-state index contributed by atoms with van der Waals surface area (Å²) in [5.74, 6) is 0.200. The lowest BCUT2D eigenvalue weighted by Gasteiger charge is -2.32. The summed E-state index contributed by atoms with van der Waals surface area (Å²) in [7, 11) is 1.59. The number of likely N-dealkylation sites (tertiary alicyclic amines) is 1. The van der Waals surface area contributed by atoms with E-state index < -0.39 is 5.95 Å². The number of nitrogens with one attached hydrogen (secondary N) is 1. The Morgan fingerprint density at radius 2 is 2.25 bits per heavy atom. The topological polar surface area (TPSA) is 54.5 Å². The lowest BCUT2D eigenvalue weighted by atomic mass is 10.0. The second-order valence-corrected chi connectivity index (χ2v) is 4.89. The van der Waals surface area contributed by atoms with Gasteiger partial charge in [-0.3, -0.25) is 4.79 Å². The van der Waals surface area contributed by atoms with Crippen LogP contribution in [0.15, 0.2) is 18.2 Å². The van der Waals surface area contributed by atoms with E-state index in [1.165, 1.54) is 6.07 Å². The molecule has 2 heterocycles. The number of ether oxygens (including phenoxy) is 1. The zero-order chi connectivity index (χ0) is 14.4. The average molecular weight is 281 g/mol. The van der Waals surface area contributed by atoms with Crippen LogP contribution in [0.2, 0.25) is 0 Å². The highest BCUT2D eigenvalue weighted by Crippen LogP contribution is 2.16. The van der Waals surface area contributed by atoms with Crippen LogP contribution in [0, 0.1) is 5.95 Å². The zero-order valence-electron chi connectivity index (χ0n) is 11.6. The van der Waals surface area contributed by atoms with E-state index >= 15 is 0 Å². The van der Waals surface area contributed by atoms with Crippen LogP contribution in [-0.4, -0.2) is 48.6 Å². The SMILES string of the molecule is COCCC(=O)N1CCC(Nc2cccc(F)n2)CC1. The summed E-state index contributed by atoms with van der Waals surface area (Å²) >= 11 is 0. The number of anilines is 1. The van der Waals surface area contributed by atoms with Crippen LogP contribution in [0.3, 0.4) is 0 Å². The molecule has 1 aliphatic rings. The largest absolute Gasteiger partial charge is 0.384 e. The van der Waals surface area contributed by atoms with Gasteiger partial charge in [0.15, 0.2) is 0 Å². The standard InChI is InChI=1S/C14H20FN3O2/c1-20-10-7-14(19)18-8-5-11(6-9-18)16-13-4-2-3-12(15)17-13/h2-4,11H,5-10H2,1H3,(H,16,17). The molecule has 0 atom stereocenters. The molecule has 0 spiro atoms. The van der Waals surface area contributed by atoms with Crippen LogP contribution >= 0.6 is 0 Å². The molecule has 20 heavy (non-hydrogen) atoms. The van der Waals surface area contributed by atoms with Gasteiger partial charge in [0.1, 0.15) is 5.82 Å². The molecular formula is C14H20FN3O2. The van der Waals surface area contributed by atoms with Gasteiger partial charge in [0.2, 0.25) is 11.9 Å². The van der Waals surface area contributed by atoms with Crippen LogP contribution in [0.1, 0.15) is 19.3 Å². The lowest BCUT2D eigenvalue weighted by Crippen LogP contribution is -2.42. The average Bonchev–Trinajstić information content (AvgIpc) is 2.45. The summed E-state index contributed by atoms with van der Waals surface area (Å²) in [6.07, 6.45) is 2.12. The fourth-order valence-electron chi connectivity index (χ4n) is 2.32. The highest BCUT2D eigenvalue weighted by atomic mass is 19.1. The molecule has 6 heteroatoms. The van der Waals surface area contributed by atoms with Gasteiger partial charge < -0.3 is 15.0 Å². The molecule has 0 unspecified atom stereocenters. The molecular weight excluding hydrogens is 261 g/mol. The molecule has 0 bridgehead atoms. The Balaban J connectivity index is 1.78.